The van der Waals surface area contributed by atoms with E-state index in [0.717, 1.165) is 17.7 Å². The third kappa shape index (κ3) is 6.63. The third-order valence-corrected chi connectivity index (χ3v) is 7.04. The molecule has 1 amide bonds. The monoisotopic (exact) mass is 532 g/mol. The molecule has 3 nitrogen and oxygen atoms in total. The van der Waals surface area contributed by atoms with Crippen LogP contribution in [0.25, 0.3) is 0 Å². The highest BCUT2D eigenvalue weighted by Crippen LogP contribution is 2.36. The standard InChI is InChI=1S/C29H29ClF4N2O/c1-2-35-27-13-11-23(30)17-24(27)28(37)36(18-20-6-9-22(10-7-20)21-4-3-5-21)15-14-19-8-12-26(31)25(16-19)29(32,33)34/h6-13,16-17,21,35H,2-5,14-15,18H2,1H3. The van der Waals surface area contributed by atoms with Gasteiger partial charge in [-0.1, -0.05) is 48.4 Å². The number of anilines is 1. The van der Waals surface area contributed by atoms with Gasteiger partial charge in [0.1, 0.15) is 5.82 Å². The Hall–Kier alpha value is -3.06. The Morgan fingerprint density at radius 1 is 1.03 bits per heavy atom. The maximum atomic E-state index is 13.8. The summed E-state index contributed by atoms with van der Waals surface area (Å²) in [6.07, 6.45) is -1.05. The molecule has 0 bridgehead atoms. The number of hydrogen-bond donors (Lipinski definition) is 1. The van der Waals surface area contributed by atoms with Crippen molar-refractivity contribution < 1.29 is 22.4 Å². The zero-order valence-corrected chi connectivity index (χ0v) is 21.3. The predicted molar refractivity (Wildman–Crippen MR) is 138 cm³/mol. The van der Waals surface area contributed by atoms with E-state index in [1.54, 1.807) is 23.1 Å². The summed E-state index contributed by atoms with van der Waals surface area (Å²) in [4.78, 5) is 15.3. The van der Waals surface area contributed by atoms with Crippen molar-refractivity contribution in [3.63, 3.8) is 0 Å². The lowest BCUT2D eigenvalue weighted by molar-refractivity contribution is -0.140. The predicted octanol–water partition coefficient (Wildman–Crippen LogP) is 8.08. The molecular weight excluding hydrogens is 504 g/mol. The van der Waals surface area contributed by atoms with E-state index in [1.807, 2.05) is 19.1 Å². The molecule has 3 aromatic rings. The Morgan fingerprint density at radius 3 is 2.35 bits per heavy atom. The van der Waals surface area contributed by atoms with E-state index in [2.05, 4.69) is 17.4 Å². The number of amides is 1. The zero-order chi connectivity index (χ0) is 26.6. The highest BCUT2D eigenvalue weighted by molar-refractivity contribution is 6.31. The van der Waals surface area contributed by atoms with Gasteiger partial charge in [0, 0.05) is 30.3 Å². The summed E-state index contributed by atoms with van der Waals surface area (Å²) in [5.41, 5.74) is 2.20. The molecule has 1 aliphatic rings. The summed E-state index contributed by atoms with van der Waals surface area (Å²) in [7, 11) is 0. The molecule has 0 heterocycles. The molecule has 0 saturated heterocycles. The molecule has 3 aromatic carbocycles. The van der Waals surface area contributed by atoms with Gasteiger partial charge in [0.2, 0.25) is 0 Å². The number of carbonyl (C=O) groups is 1. The van der Waals surface area contributed by atoms with Gasteiger partial charge >= 0.3 is 6.18 Å². The smallest absolute Gasteiger partial charge is 0.385 e. The molecule has 0 spiro atoms. The molecule has 1 fully saturated rings. The van der Waals surface area contributed by atoms with Crippen molar-refractivity contribution in [2.75, 3.05) is 18.4 Å². The SMILES string of the molecule is CCNc1ccc(Cl)cc1C(=O)N(CCc1ccc(F)c(C(F)(F)F)c1)Cc1ccc(C2CCC2)cc1. The molecular formula is C29H29ClF4N2O. The summed E-state index contributed by atoms with van der Waals surface area (Å²) in [6.45, 7) is 2.93. The van der Waals surface area contributed by atoms with Crippen LogP contribution in [0.2, 0.25) is 5.02 Å². The lowest BCUT2D eigenvalue weighted by atomic mass is 9.80. The Kier molecular flexibility index (Phi) is 8.42. The van der Waals surface area contributed by atoms with E-state index in [4.69, 9.17) is 11.6 Å². The molecule has 0 atom stereocenters. The maximum absolute atomic E-state index is 13.8. The summed E-state index contributed by atoms with van der Waals surface area (Å²) >= 11 is 6.20. The Labute approximate surface area is 219 Å². The van der Waals surface area contributed by atoms with Crippen LogP contribution in [0.4, 0.5) is 23.2 Å². The fraction of sp³-hybridized carbons (Fsp3) is 0.345. The first-order valence-corrected chi connectivity index (χ1v) is 12.8. The average Bonchev–Trinajstić information content (AvgIpc) is 2.82. The van der Waals surface area contributed by atoms with Crippen LogP contribution in [0.3, 0.4) is 0 Å². The number of halogens is 5. The Balaban J connectivity index is 1.60. The molecule has 1 saturated carbocycles. The van der Waals surface area contributed by atoms with E-state index in [1.165, 1.54) is 30.9 Å². The van der Waals surface area contributed by atoms with E-state index < -0.39 is 17.6 Å². The fourth-order valence-electron chi connectivity index (χ4n) is 4.53. The summed E-state index contributed by atoms with van der Waals surface area (Å²) in [5.74, 6) is -1.02. The molecule has 4 rings (SSSR count). The molecule has 0 aliphatic heterocycles. The van der Waals surface area contributed by atoms with Crippen molar-refractivity contribution in [2.45, 2.75) is 51.2 Å². The van der Waals surface area contributed by atoms with Crippen LogP contribution in [0, 0.1) is 5.82 Å². The van der Waals surface area contributed by atoms with Crippen LogP contribution in [0.5, 0.6) is 0 Å². The van der Waals surface area contributed by atoms with E-state index in [-0.39, 0.29) is 25.4 Å². The van der Waals surface area contributed by atoms with Gasteiger partial charge in [-0.2, -0.15) is 13.2 Å². The van der Waals surface area contributed by atoms with Crippen LogP contribution in [0.1, 0.15) is 64.7 Å². The minimum Gasteiger partial charge on any atom is -0.385 e. The van der Waals surface area contributed by atoms with Crippen molar-refractivity contribution in [2.24, 2.45) is 0 Å². The van der Waals surface area contributed by atoms with Crippen LogP contribution in [-0.4, -0.2) is 23.9 Å². The number of rotatable bonds is 9. The lowest BCUT2D eigenvalue weighted by Gasteiger charge is -2.27. The first-order chi connectivity index (χ1) is 17.7. The van der Waals surface area contributed by atoms with Crippen molar-refractivity contribution >= 4 is 23.2 Å². The number of carbonyl (C=O) groups excluding carboxylic acids is 1. The summed E-state index contributed by atoms with van der Waals surface area (Å²) in [6, 6.07) is 16.1. The van der Waals surface area contributed by atoms with Gasteiger partial charge in [0.05, 0.1) is 11.1 Å². The van der Waals surface area contributed by atoms with Crippen LogP contribution < -0.4 is 5.32 Å². The quantitative estimate of drug-likeness (QED) is 0.282. The minimum atomic E-state index is -4.79. The lowest BCUT2D eigenvalue weighted by Crippen LogP contribution is -2.33. The van der Waals surface area contributed by atoms with Gasteiger partial charge in [-0.05, 0) is 79.1 Å². The van der Waals surface area contributed by atoms with Crippen LogP contribution >= 0.6 is 11.6 Å². The topological polar surface area (TPSA) is 32.3 Å². The first kappa shape index (κ1) is 27.0. The van der Waals surface area contributed by atoms with E-state index in [0.29, 0.717) is 34.3 Å². The van der Waals surface area contributed by atoms with Gasteiger partial charge in [-0.15, -0.1) is 0 Å². The molecule has 37 heavy (non-hydrogen) atoms. The molecule has 0 radical (unpaired) electrons. The second-order valence-corrected chi connectivity index (χ2v) is 9.81. The highest BCUT2D eigenvalue weighted by atomic mass is 35.5. The number of alkyl halides is 3. The number of hydrogen-bond acceptors (Lipinski definition) is 2. The molecule has 0 unspecified atom stereocenters. The van der Waals surface area contributed by atoms with Crippen molar-refractivity contribution in [1.82, 2.24) is 4.90 Å². The normalized spacial score (nSPS) is 13.8. The second kappa shape index (κ2) is 11.5. The van der Waals surface area contributed by atoms with Gasteiger partial charge in [0.25, 0.3) is 5.91 Å². The first-order valence-electron chi connectivity index (χ1n) is 12.4. The Bertz CT molecular complexity index is 1240. The second-order valence-electron chi connectivity index (χ2n) is 9.38. The van der Waals surface area contributed by atoms with Gasteiger partial charge in [0.15, 0.2) is 0 Å². The van der Waals surface area contributed by atoms with Crippen LogP contribution in [0.15, 0.2) is 60.7 Å². The van der Waals surface area contributed by atoms with Gasteiger partial charge in [-0.25, -0.2) is 4.39 Å². The fourth-order valence-corrected chi connectivity index (χ4v) is 4.70. The summed E-state index contributed by atoms with van der Waals surface area (Å²) in [5, 5.41) is 3.57. The maximum Gasteiger partial charge on any atom is 0.419 e. The number of nitrogens with zero attached hydrogens (tertiary/aromatic N) is 1. The third-order valence-electron chi connectivity index (χ3n) is 6.80. The van der Waals surface area contributed by atoms with Gasteiger partial charge in [-0.3, -0.25) is 4.79 Å². The van der Waals surface area contributed by atoms with Crippen molar-refractivity contribution in [3.05, 3.63) is 99.3 Å². The number of benzene rings is 3. The minimum absolute atomic E-state index is 0.131. The van der Waals surface area contributed by atoms with Crippen LogP contribution in [-0.2, 0) is 19.1 Å². The Morgan fingerprint density at radius 2 is 1.73 bits per heavy atom. The largest absolute Gasteiger partial charge is 0.419 e. The molecule has 1 N–H and O–H groups in total. The summed E-state index contributed by atoms with van der Waals surface area (Å²) < 4.78 is 53.4. The molecule has 196 valence electrons. The molecule has 8 heteroatoms. The average molecular weight is 533 g/mol. The van der Waals surface area contributed by atoms with Crippen molar-refractivity contribution in [1.29, 1.82) is 0 Å². The molecule has 1 aliphatic carbocycles. The van der Waals surface area contributed by atoms with Crippen molar-refractivity contribution in [3.8, 4) is 0 Å². The van der Waals surface area contributed by atoms with Gasteiger partial charge < -0.3 is 10.2 Å². The number of nitrogens with one attached hydrogen (secondary N) is 1. The highest BCUT2D eigenvalue weighted by Gasteiger charge is 2.34. The van der Waals surface area contributed by atoms with E-state index >= 15 is 0 Å². The van der Waals surface area contributed by atoms with E-state index in [9.17, 15) is 22.4 Å². The zero-order valence-electron chi connectivity index (χ0n) is 20.5. The molecule has 0 aromatic heterocycles.